The summed E-state index contributed by atoms with van der Waals surface area (Å²) in [6.07, 6.45) is 3.26. The number of fused-ring (bicyclic) bond motifs is 3. The molecule has 2 aromatic rings. The van der Waals surface area contributed by atoms with Gasteiger partial charge >= 0.3 is 0 Å². The van der Waals surface area contributed by atoms with Crippen molar-refractivity contribution in [3.8, 4) is 22.6 Å². The van der Waals surface area contributed by atoms with Crippen LogP contribution in [-0.4, -0.2) is 25.8 Å². The molecule has 1 saturated heterocycles. The molecule has 3 nitrogen and oxygen atoms in total. The molecule has 1 fully saturated rings. The minimum absolute atomic E-state index is 0.196. The Balaban J connectivity index is 1.81. The van der Waals surface area contributed by atoms with Gasteiger partial charge in [0.25, 0.3) is 0 Å². The molecule has 2 aliphatic rings. The molecule has 27 heavy (non-hydrogen) atoms. The highest BCUT2D eigenvalue weighted by Gasteiger charge is 2.38. The van der Waals surface area contributed by atoms with Gasteiger partial charge in [-0.25, -0.2) is 0 Å². The number of hydrogen-bond acceptors (Lipinski definition) is 3. The lowest BCUT2D eigenvalue weighted by atomic mass is 9.89. The summed E-state index contributed by atoms with van der Waals surface area (Å²) in [5.74, 6) is 1.95. The van der Waals surface area contributed by atoms with Gasteiger partial charge < -0.3 is 14.8 Å². The quantitative estimate of drug-likeness (QED) is 0.567. The lowest BCUT2D eigenvalue weighted by Gasteiger charge is -2.24. The summed E-state index contributed by atoms with van der Waals surface area (Å²) >= 11 is 19.1. The predicted molar refractivity (Wildman–Crippen MR) is 112 cm³/mol. The van der Waals surface area contributed by atoms with Crippen molar-refractivity contribution in [2.24, 2.45) is 0 Å². The van der Waals surface area contributed by atoms with E-state index >= 15 is 0 Å². The van der Waals surface area contributed by atoms with Crippen LogP contribution in [0.2, 0.25) is 15.1 Å². The summed E-state index contributed by atoms with van der Waals surface area (Å²) in [5, 5.41) is 5.05. The van der Waals surface area contributed by atoms with Crippen LogP contribution in [-0.2, 0) is 0 Å². The van der Waals surface area contributed by atoms with Gasteiger partial charge in [-0.2, -0.15) is 0 Å². The van der Waals surface area contributed by atoms with Gasteiger partial charge in [0.1, 0.15) is 6.10 Å². The third-order valence-corrected chi connectivity index (χ3v) is 6.04. The highest BCUT2D eigenvalue weighted by atomic mass is 35.5. The molecule has 0 bridgehead atoms. The van der Waals surface area contributed by atoms with Crippen LogP contribution in [0, 0.1) is 0 Å². The van der Waals surface area contributed by atoms with Gasteiger partial charge in [-0.3, -0.25) is 0 Å². The maximum Gasteiger partial charge on any atom is 0.165 e. The van der Waals surface area contributed by atoms with Crippen LogP contribution in [0.4, 0.5) is 0 Å². The maximum atomic E-state index is 6.48. The number of ether oxygens (including phenoxy) is 2. The average Bonchev–Trinajstić information content (AvgIpc) is 3.00. The first kappa shape index (κ1) is 19.2. The minimum Gasteiger partial charge on any atom is -0.490 e. The topological polar surface area (TPSA) is 30.5 Å². The van der Waals surface area contributed by atoms with E-state index in [1.807, 2.05) is 6.07 Å². The van der Waals surface area contributed by atoms with E-state index in [0.29, 0.717) is 27.6 Å². The number of halogens is 3. The molecule has 0 aromatic heterocycles. The van der Waals surface area contributed by atoms with E-state index in [2.05, 4.69) is 18.3 Å². The summed E-state index contributed by atoms with van der Waals surface area (Å²) in [7, 11) is 0. The van der Waals surface area contributed by atoms with Crippen LogP contribution in [0.25, 0.3) is 11.1 Å². The Hall–Kier alpha value is -1.13. The van der Waals surface area contributed by atoms with Gasteiger partial charge in [-0.1, -0.05) is 48.1 Å². The fraction of sp³-hybridized carbons (Fsp3) is 0.429. The normalized spacial score (nSPS) is 20.7. The second-order valence-corrected chi connectivity index (χ2v) is 8.35. The van der Waals surface area contributed by atoms with Gasteiger partial charge in [-0.15, -0.1) is 0 Å². The largest absolute Gasteiger partial charge is 0.490 e. The van der Waals surface area contributed by atoms with Crippen LogP contribution in [0.5, 0.6) is 11.5 Å². The number of benzene rings is 2. The second kappa shape index (κ2) is 8.08. The van der Waals surface area contributed by atoms with E-state index < -0.39 is 0 Å². The molecule has 0 saturated carbocycles. The van der Waals surface area contributed by atoms with Crippen molar-refractivity contribution in [1.82, 2.24) is 5.32 Å². The van der Waals surface area contributed by atoms with Crippen molar-refractivity contribution in [2.75, 3.05) is 19.7 Å². The Labute approximate surface area is 174 Å². The summed E-state index contributed by atoms with van der Waals surface area (Å²) in [5.41, 5.74) is 2.87. The molecule has 4 rings (SSSR count). The number of nitrogens with one attached hydrogen (secondary N) is 1. The lowest BCUT2D eigenvalue weighted by molar-refractivity contribution is 0.165. The van der Waals surface area contributed by atoms with Crippen LogP contribution in [0.3, 0.4) is 0 Å². The number of unbranched alkanes of at least 4 members (excludes halogenated alkanes) is 1. The molecule has 2 aliphatic heterocycles. The van der Waals surface area contributed by atoms with E-state index in [9.17, 15) is 0 Å². The predicted octanol–water partition coefficient (Wildman–Crippen LogP) is 6.33. The van der Waals surface area contributed by atoms with Crippen molar-refractivity contribution in [1.29, 1.82) is 0 Å². The van der Waals surface area contributed by atoms with Crippen molar-refractivity contribution in [2.45, 2.75) is 38.2 Å². The van der Waals surface area contributed by atoms with Gasteiger partial charge in [0, 0.05) is 28.6 Å². The number of piperidine rings is 1. The van der Waals surface area contributed by atoms with Gasteiger partial charge in [-0.05, 0) is 49.2 Å². The second-order valence-electron chi connectivity index (χ2n) is 7.09. The maximum absolute atomic E-state index is 6.48. The first-order valence-corrected chi connectivity index (χ1v) is 10.5. The fourth-order valence-electron chi connectivity index (χ4n) is 3.86. The van der Waals surface area contributed by atoms with Gasteiger partial charge in [0.15, 0.2) is 11.5 Å². The molecule has 2 heterocycles. The van der Waals surface area contributed by atoms with Crippen molar-refractivity contribution < 1.29 is 9.47 Å². The Morgan fingerprint density at radius 2 is 1.93 bits per heavy atom. The molecule has 0 unspecified atom stereocenters. The summed E-state index contributed by atoms with van der Waals surface area (Å²) in [6.45, 7) is 4.68. The SMILES string of the molecule is CCCCOc1cc(-c2c(Cl)cc(Cl)cc2Cl)cc2c1O[C@H]1CCNC[C@@H]21. The molecule has 2 atom stereocenters. The highest BCUT2D eigenvalue weighted by molar-refractivity contribution is 6.41. The van der Waals surface area contributed by atoms with Crippen molar-refractivity contribution >= 4 is 34.8 Å². The lowest BCUT2D eigenvalue weighted by Crippen LogP contribution is -2.37. The molecule has 1 N–H and O–H groups in total. The van der Waals surface area contributed by atoms with Crippen molar-refractivity contribution in [3.05, 3.63) is 44.9 Å². The standard InChI is InChI=1S/C21H22Cl3NO2/c1-2-3-6-26-19-8-12(20-16(23)9-13(22)10-17(20)24)7-14-15-11-25-5-4-18(15)27-21(14)19/h7-10,15,18,25H,2-6,11H2,1H3/t15-,18-/m0/s1. The van der Waals surface area contributed by atoms with Crippen LogP contribution in [0.15, 0.2) is 24.3 Å². The molecular weight excluding hydrogens is 405 g/mol. The van der Waals surface area contributed by atoms with Gasteiger partial charge in [0.2, 0.25) is 0 Å². The monoisotopic (exact) mass is 425 g/mol. The molecule has 0 amide bonds. The van der Waals surface area contributed by atoms with E-state index in [1.54, 1.807) is 12.1 Å². The Kier molecular flexibility index (Phi) is 5.75. The first-order valence-electron chi connectivity index (χ1n) is 9.41. The number of hydrogen-bond donors (Lipinski definition) is 1. The Bertz CT molecular complexity index is 833. The Morgan fingerprint density at radius 3 is 2.67 bits per heavy atom. The van der Waals surface area contributed by atoms with E-state index in [4.69, 9.17) is 44.3 Å². The van der Waals surface area contributed by atoms with Gasteiger partial charge in [0.05, 0.1) is 16.7 Å². The molecule has 0 spiro atoms. The third-order valence-electron chi connectivity index (χ3n) is 5.22. The smallest absolute Gasteiger partial charge is 0.165 e. The fourth-order valence-corrected chi connectivity index (χ4v) is 4.89. The minimum atomic E-state index is 0.196. The first-order chi connectivity index (χ1) is 13.1. The van der Waals surface area contributed by atoms with E-state index in [-0.39, 0.29) is 6.10 Å². The Morgan fingerprint density at radius 1 is 1.15 bits per heavy atom. The van der Waals surface area contributed by atoms with Crippen LogP contribution < -0.4 is 14.8 Å². The molecule has 144 valence electrons. The summed E-state index contributed by atoms with van der Waals surface area (Å²) in [4.78, 5) is 0. The highest BCUT2D eigenvalue weighted by Crippen LogP contribution is 2.50. The molecular formula is C21H22Cl3NO2. The van der Waals surface area contributed by atoms with Crippen LogP contribution in [0.1, 0.15) is 37.7 Å². The molecule has 0 radical (unpaired) electrons. The van der Waals surface area contributed by atoms with Crippen molar-refractivity contribution in [3.63, 3.8) is 0 Å². The molecule has 2 aromatic carbocycles. The van der Waals surface area contributed by atoms with E-state index in [1.165, 1.54) is 5.56 Å². The van der Waals surface area contributed by atoms with Crippen LogP contribution >= 0.6 is 34.8 Å². The average molecular weight is 427 g/mol. The third kappa shape index (κ3) is 3.75. The van der Waals surface area contributed by atoms with E-state index in [0.717, 1.165) is 55.0 Å². The zero-order valence-electron chi connectivity index (χ0n) is 15.2. The molecule has 0 aliphatic carbocycles. The zero-order chi connectivity index (χ0) is 19.0. The number of rotatable bonds is 5. The zero-order valence-corrected chi connectivity index (χ0v) is 17.4. The summed E-state index contributed by atoms with van der Waals surface area (Å²) in [6, 6.07) is 7.56. The summed E-state index contributed by atoms with van der Waals surface area (Å²) < 4.78 is 12.4. The molecule has 6 heteroatoms.